The van der Waals surface area contributed by atoms with E-state index in [2.05, 4.69) is 60.6 Å². The first-order chi connectivity index (χ1) is 14.8. The average molecular weight is 441 g/mol. The largest absolute Gasteiger partial charge is 0.395 e. The molecule has 0 aromatic carbocycles. The van der Waals surface area contributed by atoms with Gasteiger partial charge in [0.2, 0.25) is 0 Å². The van der Waals surface area contributed by atoms with E-state index >= 15 is 0 Å². The van der Waals surface area contributed by atoms with Crippen molar-refractivity contribution in [2.45, 2.75) is 112 Å². The normalized spacial score (nSPS) is 51.3. The number of fused-ring (bicyclic) bond motifs is 6. The van der Waals surface area contributed by atoms with Crippen LogP contribution in [0.25, 0.3) is 0 Å². The summed E-state index contributed by atoms with van der Waals surface area (Å²) in [6, 6.07) is 0. The van der Waals surface area contributed by atoms with Gasteiger partial charge in [0.25, 0.3) is 0 Å². The highest BCUT2D eigenvalue weighted by Gasteiger charge is 2.66. The van der Waals surface area contributed by atoms with Crippen molar-refractivity contribution in [3.05, 3.63) is 23.3 Å². The number of aliphatic hydroxyl groups is 2. The van der Waals surface area contributed by atoms with Crippen LogP contribution in [0.1, 0.15) is 106 Å². The number of rotatable bonds is 1. The van der Waals surface area contributed by atoms with Crippen LogP contribution in [0.15, 0.2) is 23.3 Å². The number of hydrogen-bond donors (Lipinski definition) is 2. The lowest BCUT2D eigenvalue weighted by molar-refractivity contribution is -0.194. The summed E-state index contributed by atoms with van der Waals surface area (Å²) in [5.74, 6) is 1.30. The number of allylic oxidation sites excluding steroid dienone is 2. The van der Waals surface area contributed by atoms with Gasteiger partial charge in [-0.25, -0.2) is 0 Å². The minimum atomic E-state index is -0.161. The number of aliphatic hydroxyl groups excluding tert-OH is 2. The van der Waals surface area contributed by atoms with E-state index in [1.54, 1.807) is 11.1 Å². The van der Waals surface area contributed by atoms with Gasteiger partial charge in [-0.2, -0.15) is 0 Å². The van der Waals surface area contributed by atoms with Crippen LogP contribution in [0.3, 0.4) is 0 Å². The van der Waals surface area contributed by atoms with Gasteiger partial charge in [-0.1, -0.05) is 71.8 Å². The molecule has 4 saturated carbocycles. The summed E-state index contributed by atoms with van der Waals surface area (Å²) in [4.78, 5) is 0. The molecule has 7 unspecified atom stereocenters. The monoisotopic (exact) mass is 440 g/mol. The molecule has 2 heteroatoms. The zero-order valence-corrected chi connectivity index (χ0v) is 21.9. The Morgan fingerprint density at radius 3 is 2.22 bits per heavy atom. The topological polar surface area (TPSA) is 40.5 Å². The second kappa shape index (κ2) is 6.75. The van der Waals surface area contributed by atoms with Crippen LogP contribution >= 0.6 is 0 Å². The lowest BCUT2D eigenvalue weighted by atomic mass is 9.35. The van der Waals surface area contributed by atoms with Crippen LogP contribution in [0.5, 0.6) is 0 Å². The maximum absolute atomic E-state index is 10.9. The fraction of sp³-hybridized carbons (Fsp3) is 0.867. The summed E-state index contributed by atoms with van der Waals surface area (Å²) in [5, 5.41) is 21.5. The van der Waals surface area contributed by atoms with Crippen molar-refractivity contribution in [3.63, 3.8) is 0 Å². The van der Waals surface area contributed by atoms with Crippen molar-refractivity contribution < 1.29 is 10.2 Å². The third-order valence-corrected chi connectivity index (χ3v) is 12.4. The van der Waals surface area contributed by atoms with Crippen molar-refractivity contribution in [2.24, 2.45) is 44.3 Å². The lowest BCUT2D eigenvalue weighted by Crippen LogP contribution is -2.63. The molecule has 32 heavy (non-hydrogen) atoms. The molecule has 0 aliphatic heterocycles. The summed E-state index contributed by atoms with van der Waals surface area (Å²) in [7, 11) is 0. The van der Waals surface area contributed by atoms with Gasteiger partial charge in [-0.3, -0.25) is 0 Å². The van der Waals surface area contributed by atoms with Gasteiger partial charge in [0.05, 0.1) is 12.7 Å². The second-order valence-corrected chi connectivity index (χ2v) is 14.6. The Hall–Kier alpha value is -0.600. The van der Waals surface area contributed by atoms with E-state index in [4.69, 9.17) is 0 Å². The molecule has 5 rings (SSSR count). The van der Waals surface area contributed by atoms with Crippen LogP contribution in [-0.2, 0) is 0 Å². The van der Waals surface area contributed by atoms with Crippen molar-refractivity contribution >= 4 is 0 Å². The minimum absolute atomic E-state index is 0.00974. The van der Waals surface area contributed by atoms with E-state index in [-0.39, 0.29) is 34.4 Å². The zero-order valence-electron chi connectivity index (χ0n) is 21.9. The fourth-order valence-electron chi connectivity index (χ4n) is 10.1. The molecule has 2 nitrogen and oxygen atoms in total. The third-order valence-electron chi connectivity index (χ3n) is 12.4. The van der Waals surface area contributed by atoms with Gasteiger partial charge in [0.1, 0.15) is 0 Å². The minimum Gasteiger partial charge on any atom is -0.395 e. The van der Waals surface area contributed by atoms with E-state index in [1.807, 2.05) is 0 Å². The quantitative estimate of drug-likeness (QED) is 0.428. The zero-order chi connectivity index (χ0) is 23.4. The molecule has 0 heterocycles. The smallest absolute Gasteiger partial charge is 0.0594 e. The molecule has 5 aliphatic carbocycles. The fourth-order valence-corrected chi connectivity index (χ4v) is 10.1. The lowest BCUT2D eigenvalue weighted by Gasteiger charge is -2.70. The molecule has 0 aromatic rings. The molecule has 4 fully saturated rings. The molecular formula is C30H48O2. The Bertz CT molecular complexity index is 864. The SMILES string of the molecule is CC1(C)CCC2(CO)C=CC3(C)C(=C2C1)CCC1C2(C)CCC(O)C(C)(C)C2CCC13C. The predicted molar refractivity (Wildman–Crippen MR) is 132 cm³/mol. The molecule has 180 valence electrons. The molecule has 0 saturated heterocycles. The Morgan fingerprint density at radius 2 is 1.53 bits per heavy atom. The molecular weight excluding hydrogens is 392 g/mol. The van der Waals surface area contributed by atoms with E-state index in [1.165, 1.54) is 38.5 Å². The molecule has 0 bridgehead atoms. The van der Waals surface area contributed by atoms with Crippen molar-refractivity contribution in [1.82, 2.24) is 0 Å². The molecule has 0 aromatic heterocycles. The van der Waals surface area contributed by atoms with E-state index in [0.717, 1.165) is 19.3 Å². The molecule has 0 amide bonds. The summed E-state index contributed by atoms with van der Waals surface area (Å²) < 4.78 is 0. The first-order valence-corrected chi connectivity index (χ1v) is 13.5. The van der Waals surface area contributed by atoms with Crippen LogP contribution in [-0.4, -0.2) is 22.9 Å². The summed E-state index contributed by atoms with van der Waals surface area (Å²) in [6.07, 6.45) is 15.4. The standard InChI is InChI=1S/C30H48O2/c1-25(2)14-16-30(19-31)17-15-28(6)20(21(30)18-25)8-9-23-27(5)12-11-24(32)26(3,4)22(27)10-13-29(23,28)7/h15,17,22-24,31-32H,8-14,16,18-19H2,1-7H3. The molecule has 2 N–H and O–H groups in total. The first-order valence-electron chi connectivity index (χ1n) is 13.5. The van der Waals surface area contributed by atoms with Crippen molar-refractivity contribution in [1.29, 1.82) is 0 Å². The Morgan fingerprint density at radius 1 is 0.812 bits per heavy atom. The first kappa shape index (κ1) is 23.2. The van der Waals surface area contributed by atoms with Crippen LogP contribution in [0.4, 0.5) is 0 Å². The second-order valence-electron chi connectivity index (χ2n) is 14.6. The predicted octanol–water partition coefficient (Wildman–Crippen LogP) is 7.06. The highest BCUT2D eigenvalue weighted by atomic mass is 16.3. The highest BCUT2D eigenvalue weighted by molar-refractivity contribution is 5.45. The summed E-state index contributed by atoms with van der Waals surface area (Å²) >= 11 is 0. The van der Waals surface area contributed by atoms with Gasteiger partial charge < -0.3 is 10.2 Å². The highest BCUT2D eigenvalue weighted by Crippen LogP contribution is 2.74. The Labute approximate surface area is 197 Å². The van der Waals surface area contributed by atoms with Crippen LogP contribution in [0.2, 0.25) is 0 Å². The van der Waals surface area contributed by atoms with Crippen LogP contribution < -0.4 is 0 Å². The Kier molecular flexibility index (Phi) is 4.88. The molecule has 7 atom stereocenters. The van der Waals surface area contributed by atoms with E-state index < -0.39 is 0 Å². The van der Waals surface area contributed by atoms with Crippen molar-refractivity contribution in [3.8, 4) is 0 Å². The molecule has 0 radical (unpaired) electrons. The van der Waals surface area contributed by atoms with Gasteiger partial charge in [0, 0.05) is 10.8 Å². The van der Waals surface area contributed by atoms with E-state index in [0.29, 0.717) is 22.7 Å². The maximum atomic E-state index is 10.9. The number of hydrogen-bond acceptors (Lipinski definition) is 2. The molecule has 5 aliphatic rings. The van der Waals surface area contributed by atoms with Gasteiger partial charge in [-0.15, -0.1) is 0 Å². The maximum Gasteiger partial charge on any atom is 0.0594 e. The van der Waals surface area contributed by atoms with Gasteiger partial charge >= 0.3 is 0 Å². The Balaban J connectivity index is 1.61. The van der Waals surface area contributed by atoms with Crippen LogP contribution in [0, 0.1) is 44.3 Å². The third kappa shape index (κ3) is 2.72. The average Bonchev–Trinajstić information content (AvgIpc) is 2.71. The van der Waals surface area contributed by atoms with Crippen molar-refractivity contribution in [2.75, 3.05) is 6.61 Å². The summed E-state index contributed by atoms with van der Waals surface area (Å²) in [6.45, 7) is 17.5. The summed E-state index contributed by atoms with van der Waals surface area (Å²) in [5.41, 5.74) is 4.17. The van der Waals surface area contributed by atoms with E-state index in [9.17, 15) is 10.2 Å². The molecule has 0 spiro atoms. The van der Waals surface area contributed by atoms with Gasteiger partial charge in [-0.05, 0) is 91.3 Å². The van der Waals surface area contributed by atoms with Gasteiger partial charge in [0.15, 0.2) is 0 Å².